The molecule has 138 heavy (non-hydrogen) atoms. The Labute approximate surface area is 805 Å². The van der Waals surface area contributed by atoms with E-state index in [1.165, 1.54) is 28.3 Å². The van der Waals surface area contributed by atoms with Crippen LogP contribution in [0.25, 0.3) is 68.3 Å². The van der Waals surface area contributed by atoms with Crippen molar-refractivity contribution >= 4 is 46.9 Å². The van der Waals surface area contributed by atoms with E-state index in [2.05, 4.69) is 127 Å². The number of hydrogen-bond acceptors (Lipinski definition) is 19. The van der Waals surface area contributed by atoms with E-state index in [1.807, 2.05) is 197 Å². The number of nitriles is 2. The van der Waals surface area contributed by atoms with Crippen LogP contribution >= 0.6 is 0 Å². The van der Waals surface area contributed by atoms with Gasteiger partial charge in [-0.15, -0.1) is 0 Å². The minimum atomic E-state index is -0.0835. The normalized spacial score (nSPS) is 12.5. The van der Waals surface area contributed by atoms with Gasteiger partial charge in [-0.3, -0.25) is 48.3 Å². The van der Waals surface area contributed by atoms with Crippen LogP contribution in [0.4, 0.5) is 23.3 Å². The quantitative estimate of drug-likeness (QED) is 0.0645. The van der Waals surface area contributed by atoms with E-state index in [0.29, 0.717) is 139 Å². The summed E-state index contributed by atoms with van der Waals surface area (Å²) in [6.07, 6.45) is 11.8. The molecule has 20 rings (SSSR count). The lowest BCUT2D eigenvalue weighted by atomic mass is 9.97. The fraction of sp³-hybridized carbons (Fsp3) is 0.255. The first-order valence-corrected chi connectivity index (χ1v) is 44.5. The highest BCUT2D eigenvalue weighted by Crippen LogP contribution is 2.40. The Hall–Kier alpha value is -16.6. The minimum absolute atomic E-state index is 0. The lowest BCUT2D eigenvalue weighted by Crippen LogP contribution is -2.27. The summed E-state index contributed by atoms with van der Waals surface area (Å²) in [6, 6.07) is 74.9. The van der Waals surface area contributed by atoms with Crippen molar-refractivity contribution in [1.29, 1.82) is 10.5 Å². The third-order valence-electron chi connectivity index (χ3n) is 24.1. The first kappa shape index (κ1) is 98.9. The predicted octanol–water partition coefficient (Wildman–Crippen LogP) is 20.4. The molecule has 0 fully saturated rings. The topological polar surface area (TPSA) is 322 Å². The molecule has 0 radical (unpaired) electrons. The maximum absolute atomic E-state index is 12.8. The number of amides is 4. The van der Waals surface area contributed by atoms with Gasteiger partial charge >= 0.3 is 0 Å². The summed E-state index contributed by atoms with van der Waals surface area (Å²) in [7, 11) is 3.44. The number of aromatic nitrogens is 16. The summed E-state index contributed by atoms with van der Waals surface area (Å²) in [5.41, 5.74) is 21.9. The highest BCUT2D eigenvalue weighted by molar-refractivity contribution is 6.03. The van der Waals surface area contributed by atoms with Crippen LogP contribution in [-0.2, 0) is 78.1 Å². The van der Waals surface area contributed by atoms with Gasteiger partial charge in [-0.05, 0) is 143 Å². The zero-order chi connectivity index (χ0) is 93.7. The SMILES string of the molecule is C.C.C.C.CC(C)c1ccccc1-c1ncc2c(n1)N(Cc1ccc(-n3c(=O)ccn3C)cc1)C(=O)C2.COc1ccnn1-c1ccc(CN2C(=O)Cc3cnc(-c4ccccc4C(C)C)nc32)cc1.Cc1cc(C#N)n(-c2ccc(CN3C(=O)Cc4cnc(-c5ccccc5C(C)C)nc43)cc2)n1.Cc1cc(C#N)nn1-c1ccc(CN2C(=O)Cc3cnc(-c4ccccc4C(C)C)nc32)cc1. The Morgan fingerprint density at radius 1 is 0.377 bits per heavy atom. The number of aryl methyl sites for hydroxylation is 3. The molecule has 0 bridgehead atoms. The van der Waals surface area contributed by atoms with Gasteiger partial charge in [0, 0.05) is 100 Å². The van der Waals surface area contributed by atoms with E-state index in [-0.39, 0.29) is 58.9 Å². The van der Waals surface area contributed by atoms with Gasteiger partial charge in [0.2, 0.25) is 29.5 Å². The Morgan fingerprint density at radius 2 is 0.696 bits per heavy atom. The number of hydrogen-bond donors (Lipinski definition) is 0. The van der Waals surface area contributed by atoms with Crippen LogP contribution < -0.4 is 29.9 Å². The Kier molecular flexibility index (Phi) is 30.6. The molecule has 4 aliphatic heterocycles. The van der Waals surface area contributed by atoms with E-state index >= 15 is 0 Å². The molecule has 28 heteroatoms. The van der Waals surface area contributed by atoms with Crippen molar-refractivity contribution in [2.45, 2.75) is 174 Å². The Morgan fingerprint density at radius 3 is 0.993 bits per heavy atom. The highest BCUT2D eigenvalue weighted by atomic mass is 16.5. The lowest BCUT2D eigenvalue weighted by molar-refractivity contribution is -0.118. The number of nitrogens with zero attached hydrogens (tertiary/aromatic N) is 22. The maximum atomic E-state index is 12.8. The van der Waals surface area contributed by atoms with Crippen molar-refractivity contribution in [2.75, 3.05) is 26.7 Å². The van der Waals surface area contributed by atoms with Gasteiger partial charge in [0.25, 0.3) is 5.56 Å². The number of methoxy groups -OCH3 is 1. The van der Waals surface area contributed by atoms with Gasteiger partial charge in [0.05, 0.1) is 93.6 Å². The van der Waals surface area contributed by atoms with E-state index in [9.17, 15) is 29.2 Å². The van der Waals surface area contributed by atoms with Gasteiger partial charge in [0.1, 0.15) is 41.1 Å². The number of carbonyl (C=O) groups excluding carboxylic acids is 4. The molecule has 0 saturated heterocycles. The van der Waals surface area contributed by atoms with Crippen molar-refractivity contribution < 1.29 is 23.9 Å². The highest BCUT2D eigenvalue weighted by Gasteiger charge is 2.36. The smallest absolute Gasteiger partial charge is 0.271 e. The van der Waals surface area contributed by atoms with Crippen LogP contribution in [0.15, 0.2) is 260 Å². The van der Waals surface area contributed by atoms with Crippen LogP contribution in [0.5, 0.6) is 5.88 Å². The molecule has 16 aromatic rings. The second-order valence-electron chi connectivity index (χ2n) is 34.6. The molecule has 0 N–H and O–H groups in total. The first-order valence-electron chi connectivity index (χ1n) is 44.5. The molecule has 0 unspecified atom stereocenters. The number of carbonyl (C=O) groups is 4. The van der Waals surface area contributed by atoms with E-state index in [1.54, 1.807) is 99.4 Å². The molecule has 8 aromatic carbocycles. The predicted molar refractivity (Wildman–Crippen MR) is 540 cm³/mol. The van der Waals surface area contributed by atoms with Gasteiger partial charge in [0.15, 0.2) is 29.0 Å². The van der Waals surface area contributed by atoms with Gasteiger partial charge < -0.3 is 4.74 Å². The van der Waals surface area contributed by atoms with Crippen LogP contribution in [0.1, 0.15) is 198 Å². The fourth-order valence-corrected chi connectivity index (χ4v) is 17.2. The molecule has 4 aliphatic rings. The molecular formula is C110H114N22O6. The van der Waals surface area contributed by atoms with Crippen LogP contribution in [0, 0.1) is 36.5 Å². The molecular weight excluding hydrogens is 1730 g/mol. The molecule has 0 spiro atoms. The summed E-state index contributed by atoms with van der Waals surface area (Å²) in [5.74, 6) is 7.39. The van der Waals surface area contributed by atoms with Crippen molar-refractivity contribution in [2.24, 2.45) is 7.05 Å². The molecule has 12 heterocycles. The number of ether oxygens (including phenoxy) is 1. The molecule has 8 aromatic heterocycles. The zero-order valence-electron chi connectivity index (χ0n) is 76.5. The summed E-state index contributed by atoms with van der Waals surface area (Å²) in [5, 5.41) is 31.4. The largest absolute Gasteiger partial charge is 0.481 e. The minimum Gasteiger partial charge on any atom is -0.481 e. The molecule has 28 nitrogen and oxygen atoms in total. The second-order valence-corrected chi connectivity index (χ2v) is 34.6. The molecule has 4 amide bonds. The monoisotopic (exact) mass is 1840 g/mol. The molecule has 700 valence electrons. The number of rotatable bonds is 21. The van der Waals surface area contributed by atoms with Gasteiger partial charge in [-0.2, -0.15) is 25.8 Å². The molecule has 0 saturated carbocycles. The first-order chi connectivity index (χ1) is 64.8. The van der Waals surface area contributed by atoms with Crippen molar-refractivity contribution in [3.63, 3.8) is 0 Å². The number of benzene rings is 8. The lowest BCUT2D eigenvalue weighted by Gasteiger charge is -2.18. The summed E-state index contributed by atoms with van der Waals surface area (Å²) < 4.78 is 13.8. The molecule has 0 atom stereocenters. The maximum Gasteiger partial charge on any atom is 0.271 e. The number of fused-ring (bicyclic) bond motifs is 4. The van der Waals surface area contributed by atoms with Crippen molar-refractivity contribution in [1.82, 2.24) is 78.6 Å². The average molecular weight is 1840 g/mol. The second kappa shape index (κ2) is 42.7. The van der Waals surface area contributed by atoms with Crippen LogP contribution in [0.2, 0.25) is 0 Å². The van der Waals surface area contributed by atoms with Gasteiger partial charge in [-0.25, -0.2) is 58.6 Å². The van der Waals surface area contributed by atoms with Crippen molar-refractivity contribution in [3.8, 4) is 86.3 Å². The van der Waals surface area contributed by atoms with E-state index in [4.69, 9.17) is 29.9 Å². The third-order valence-corrected chi connectivity index (χ3v) is 24.1. The number of anilines is 4. The fourth-order valence-electron chi connectivity index (χ4n) is 17.2. The van der Waals surface area contributed by atoms with E-state index < -0.39 is 0 Å². The Bertz CT molecular complexity index is 7290. The van der Waals surface area contributed by atoms with Crippen LogP contribution in [-0.4, -0.2) is 109 Å². The van der Waals surface area contributed by atoms with Crippen LogP contribution in [0.3, 0.4) is 0 Å². The average Bonchev–Trinajstić information content (AvgIpc) is 1.76. The third kappa shape index (κ3) is 20.7. The molecule has 0 aliphatic carbocycles. The Balaban J connectivity index is 0.000000154. The summed E-state index contributed by atoms with van der Waals surface area (Å²) >= 11 is 0. The van der Waals surface area contributed by atoms with E-state index in [0.717, 1.165) is 101 Å². The summed E-state index contributed by atoms with van der Waals surface area (Å²) in [4.78, 5) is 108. The standard InChI is InChI=1S/2C27H24N6O.2C26H25N5O2.4CH4/c1-17(2)23-6-4-5-7-24(23)26-29-15-20-13-25(34)32(27(20)30-26)16-19-8-10-22(11-9-19)33-18(3)12-21(14-28)31-33;1-17(2)23-6-4-5-7-24(23)26-29-15-20-13-25(34)32(27(20)30-26)16-19-8-10-21(11-9-19)33-22(14-28)12-18(3)31-33;1-17(2)21-6-4-5-7-22(21)25-27-15-19-14-23(32)30(26(19)29-25)16-18-8-10-20(11-9-18)31-24(33-3)12-13-28-31;1-17(2)21-6-4-5-7-22(21)25-27-15-19-14-24(33)30(26(19)28-25)16-18-8-10-20(11-9-18)31-23(32)12-13-29(31)3;;;;/h2*4-12,15,17H,13,16H2,1-3H3;2*4-13,15,17H,14,16H2,1-3H3;4*1H4. The zero-order valence-corrected chi connectivity index (χ0v) is 76.5. The van der Waals surface area contributed by atoms with Gasteiger partial charge in [-0.1, -0.05) is 231 Å². The summed E-state index contributed by atoms with van der Waals surface area (Å²) in [6.45, 7) is 22.7. The van der Waals surface area contributed by atoms with Crippen molar-refractivity contribution in [3.05, 3.63) is 355 Å².